The zero-order valence-electron chi connectivity index (χ0n) is 9.44. The molecule has 1 aromatic carbocycles. The summed E-state index contributed by atoms with van der Waals surface area (Å²) in [7, 11) is 0. The minimum absolute atomic E-state index is 0.167. The van der Waals surface area contributed by atoms with Crippen LogP contribution in [0.15, 0.2) is 39.4 Å². The first-order valence-electron chi connectivity index (χ1n) is 5.13. The second kappa shape index (κ2) is 5.73. The molecule has 1 amide bonds. The molecule has 0 spiro atoms. The fourth-order valence-electron chi connectivity index (χ4n) is 1.45. The van der Waals surface area contributed by atoms with Gasteiger partial charge in [0.05, 0.1) is 5.69 Å². The van der Waals surface area contributed by atoms with Gasteiger partial charge in [-0.2, -0.15) is 0 Å². The highest BCUT2D eigenvalue weighted by atomic mass is 79.9. The molecule has 0 saturated heterocycles. The molecule has 0 radical (unpaired) electrons. The van der Waals surface area contributed by atoms with Crippen LogP contribution in [0.1, 0.15) is 16.1 Å². The van der Waals surface area contributed by atoms with E-state index in [0.717, 1.165) is 0 Å². The maximum atomic E-state index is 12.0. The Bertz CT molecular complexity index is 657. The largest absolute Gasteiger partial charge is 0.444 e. The third kappa shape index (κ3) is 3.34. The first-order valence-corrected chi connectivity index (χ1v) is 6.71. The molecule has 19 heavy (non-hydrogen) atoms. The fraction of sp³-hybridized carbons (Fsp3) is 0. The average molecular weight is 360 g/mol. The Morgan fingerprint density at radius 2 is 2.11 bits per heavy atom. The molecule has 0 bridgehead atoms. The van der Waals surface area contributed by atoms with Crippen LogP contribution in [-0.2, 0) is 0 Å². The van der Waals surface area contributed by atoms with Crippen molar-refractivity contribution in [2.45, 2.75) is 0 Å². The number of nitrogens with two attached hydrogens (primary N) is 1. The summed E-state index contributed by atoms with van der Waals surface area (Å²) in [6.07, 6.45) is 0. The molecule has 1 aromatic heterocycles. The number of benzene rings is 1. The predicted molar refractivity (Wildman–Crippen MR) is 81.7 cm³/mol. The van der Waals surface area contributed by atoms with Crippen molar-refractivity contribution in [2.24, 2.45) is 5.73 Å². The standard InChI is InChI=1S/C12H8BrClN2O2S/c13-10-4-3-9(18-10)12(17)16-8-5-6(14)1-2-7(8)11(15)19/h1-5H,(H2,15,19)(H,16,17). The number of nitrogens with one attached hydrogen (secondary N) is 1. The van der Waals surface area contributed by atoms with Crippen LogP contribution >= 0.6 is 39.7 Å². The van der Waals surface area contributed by atoms with Gasteiger partial charge in [0.15, 0.2) is 10.4 Å². The molecule has 0 saturated carbocycles. The van der Waals surface area contributed by atoms with Crippen LogP contribution in [0.5, 0.6) is 0 Å². The summed E-state index contributed by atoms with van der Waals surface area (Å²) in [4.78, 5) is 12.1. The van der Waals surface area contributed by atoms with Gasteiger partial charge in [-0.1, -0.05) is 23.8 Å². The lowest BCUT2D eigenvalue weighted by Crippen LogP contribution is -2.17. The molecule has 0 atom stereocenters. The molecule has 0 aliphatic heterocycles. The quantitative estimate of drug-likeness (QED) is 0.822. The molecule has 2 rings (SSSR count). The highest BCUT2D eigenvalue weighted by Gasteiger charge is 2.14. The molecular weight excluding hydrogens is 352 g/mol. The van der Waals surface area contributed by atoms with Crippen LogP contribution < -0.4 is 11.1 Å². The van der Waals surface area contributed by atoms with Crippen molar-refractivity contribution in [1.29, 1.82) is 0 Å². The second-order valence-electron chi connectivity index (χ2n) is 3.61. The Kier molecular flexibility index (Phi) is 4.24. The maximum Gasteiger partial charge on any atom is 0.291 e. The van der Waals surface area contributed by atoms with Gasteiger partial charge in [0, 0.05) is 10.6 Å². The monoisotopic (exact) mass is 358 g/mol. The third-order valence-corrected chi connectivity index (χ3v) is 3.17. The smallest absolute Gasteiger partial charge is 0.291 e. The molecule has 2 aromatic rings. The van der Waals surface area contributed by atoms with E-state index < -0.39 is 5.91 Å². The molecule has 3 N–H and O–H groups in total. The summed E-state index contributed by atoms with van der Waals surface area (Å²) >= 11 is 13.9. The van der Waals surface area contributed by atoms with Gasteiger partial charge >= 0.3 is 0 Å². The number of halogens is 2. The first-order chi connectivity index (χ1) is 8.97. The Morgan fingerprint density at radius 3 is 2.68 bits per heavy atom. The summed E-state index contributed by atoms with van der Waals surface area (Å²) in [6, 6.07) is 8.05. The van der Waals surface area contributed by atoms with Crippen molar-refractivity contribution >= 4 is 56.3 Å². The first kappa shape index (κ1) is 14.0. The van der Waals surface area contributed by atoms with E-state index in [2.05, 4.69) is 21.2 Å². The maximum absolute atomic E-state index is 12.0. The Morgan fingerprint density at radius 1 is 1.37 bits per heavy atom. The summed E-state index contributed by atoms with van der Waals surface area (Å²) in [5.41, 5.74) is 6.57. The van der Waals surface area contributed by atoms with Crippen molar-refractivity contribution in [1.82, 2.24) is 0 Å². The number of hydrogen-bond donors (Lipinski definition) is 2. The topological polar surface area (TPSA) is 68.3 Å². The van der Waals surface area contributed by atoms with Gasteiger partial charge in [-0.15, -0.1) is 0 Å². The van der Waals surface area contributed by atoms with Gasteiger partial charge in [0.2, 0.25) is 0 Å². The summed E-state index contributed by atoms with van der Waals surface area (Å²) in [5.74, 6) is -0.244. The Hall–Kier alpha value is -1.37. The van der Waals surface area contributed by atoms with Crippen molar-refractivity contribution in [3.63, 3.8) is 0 Å². The van der Waals surface area contributed by atoms with Crippen LogP contribution in [0, 0.1) is 0 Å². The zero-order valence-corrected chi connectivity index (χ0v) is 12.6. The van der Waals surface area contributed by atoms with Crippen molar-refractivity contribution in [3.05, 3.63) is 51.3 Å². The van der Waals surface area contributed by atoms with Gasteiger partial charge in [-0.3, -0.25) is 4.79 Å². The van der Waals surface area contributed by atoms with Gasteiger partial charge in [-0.05, 0) is 46.3 Å². The normalized spacial score (nSPS) is 10.2. The number of carbonyl (C=O) groups is 1. The van der Waals surface area contributed by atoms with Crippen LogP contribution in [0.3, 0.4) is 0 Å². The average Bonchev–Trinajstić information content (AvgIpc) is 2.75. The van der Waals surface area contributed by atoms with E-state index in [1.54, 1.807) is 30.3 Å². The minimum Gasteiger partial charge on any atom is -0.444 e. The predicted octanol–water partition coefficient (Wildman–Crippen LogP) is 3.58. The Labute approximate surface area is 128 Å². The second-order valence-corrected chi connectivity index (χ2v) is 5.27. The summed E-state index contributed by atoms with van der Waals surface area (Å²) in [5, 5.41) is 3.13. The van der Waals surface area contributed by atoms with E-state index >= 15 is 0 Å². The molecule has 0 unspecified atom stereocenters. The molecule has 0 fully saturated rings. The molecule has 98 valence electrons. The van der Waals surface area contributed by atoms with Crippen LogP contribution in [0.2, 0.25) is 5.02 Å². The van der Waals surface area contributed by atoms with Crippen molar-refractivity contribution in [2.75, 3.05) is 5.32 Å². The SMILES string of the molecule is NC(=S)c1ccc(Cl)cc1NC(=O)c1ccc(Br)o1. The molecule has 1 heterocycles. The van der Waals surface area contributed by atoms with E-state index in [-0.39, 0.29) is 10.7 Å². The third-order valence-electron chi connectivity index (χ3n) is 2.29. The number of anilines is 1. The molecule has 0 aliphatic rings. The number of furan rings is 1. The highest BCUT2D eigenvalue weighted by molar-refractivity contribution is 9.10. The molecule has 0 aliphatic carbocycles. The Balaban J connectivity index is 2.30. The summed E-state index contributed by atoms with van der Waals surface area (Å²) < 4.78 is 5.63. The van der Waals surface area contributed by atoms with E-state index in [0.29, 0.717) is 20.9 Å². The molecule has 4 nitrogen and oxygen atoms in total. The van der Waals surface area contributed by atoms with Crippen LogP contribution in [0.25, 0.3) is 0 Å². The fourth-order valence-corrected chi connectivity index (χ4v) is 2.11. The number of amides is 1. The van der Waals surface area contributed by atoms with Gasteiger partial charge in [-0.25, -0.2) is 0 Å². The van der Waals surface area contributed by atoms with E-state index in [1.807, 2.05) is 0 Å². The van der Waals surface area contributed by atoms with Gasteiger partial charge < -0.3 is 15.5 Å². The van der Waals surface area contributed by atoms with Gasteiger partial charge in [0.25, 0.3) is 5.91 Å². The number of rotatable bonds is 3. The molecule has 7 heteroatoms. The zero-order chi connectivity index (χ0) is 14.0. The lowest BCUT2D eigenvalue weighted by atomic mass is 10.1. The van der Waals surface area contributed by atoms with Gasteiger partial charge in [0.1, 0.15) is 4.99 Å². The summed E-state index contributed by atoms with van der Waals surface area (Å²) in [6.45, 7) is 0. The van der Waals surface area contributed by atoms with Crippen LogP contribution in [-0.4, -0.2) is 10.9 Å². The highest BCUT2D eigenvalue weighted by Crippen LogP contribution is 2.22. The molecular formula is C12H8BrClN2O2S. The number of carbonyl (C=O) groups excluding carboxylic acids is 1. The minimum atomic E-state index is -0.412. The van der Waals surface area contributed by atoms with Crippen LogP contribution in [0.4, 0.5) is 5.69 Å². The van der Waals surface area contributed by atoms with Crippen molar-refractivity contribution < 1.29 is 9.21 Å². The van der Waals surface area contributed by atoms with E-state index in [4.69, 9.17) is 34.0 Å². The van der Waals surface area contributed by atoms with E-state index in [9.17, 15) is 4.79 Å². The van der Waals surface area contributed by atoms with E-state index in [1.165, 1.54) is 0 Å². The number of hydrogen-bond acceptors (Lipinski definition) is 3. The lowest BCUT2D eigenvalue weighted by Gasteiger charge is -2.09. The lowest BCUT2D eigenvalue weighted by molar-refractivity contribution is 0.0995. The number of thiocarbonyl (C=S) groups is 1. The van der Waals surface area contributed by atoms with Crippen molar-refractivity contribution in [3.8, 4) is 0 Å².